The summed E-state index contributed by atoms with van der Waals surface area (Å²) in [7, 11) is 0. The van der Waals surface area contributed by atoms with E-state index in [0.717, 1.165) is 0 Å². The third-order valence-electron chi connectivity index (χ3n) is 22.7. The van der Waals surface area contributed by atoms with Crippen LogP contribution in [0.2, 0.25) is 0 Å². The highest BCUT2D eigenvalue weighted by Crippen LogP contribution is 2.28. The minimum absolute atomic E-state index is 1.27. The first kappa shape index (κ1) is 88.8. The van der Waals surface area contributed by atoms with Crippen LogP contribution in [0.15, 0.2) is 36.4 Å². The zero-order valence-corrected chi connectivity index (χ0v) is 65.4. The van der Waals surface area contributed by atoms with E-state index in [2.05, 4.69) is 50.2 Å². The maximum atomic E-state index is 2.49. The minimum atomic E-state index is 1.27. The van der Waals surface area contributed by atoms with Gasteiger partial charge in [0.25, 0.3) is 0 Å². The number of hydrogen-bond acceptors (Lipinski definition) is 0. The summed E-state index contributed by atoms with van der Waals surface area (Å²) in [6.07, 6.45) is 121. The molecule has 0 nitrogen and oxygen atoms in total. The lowest BCUT2D eigenvalue weighted by molar-refractivity contribution is 0.509. The van der Waals surface area contributed by atoms with Crippen LogP contribution in [0.25, 0.3) is 10.8 Å². The Morgan fingerprint density at radius 1 is 0.149 bits per heavy atom. The molecule has 0 aromatic heterocycles. The fourth-order valence-corrected chi connectivity index (χ4v) is 16.1. The van der Waals surface area contributed by atoms with Gasteiger partial charge in [-0.15, -0.1) is 0 Å². The van der Waals surface area contributed by atoms with E-state index in [1.165, 1.54) is 537 Å². The molecule has 0 unspecified atom stereocenters. The normalized spacial score (nSPS) is 11.8. The maximum absolute atomic E-state index is 2.49. The molecular formula is C94H176. The van der Waals surface area contributed by atoms with Crippen molar-refractivity contribution in [3.63, 3.8) is 0 Å². The highest BCUT2D eigenvalue weighted by atomic mass is 14.1. The van der Waals surface area contributed by atoms with Gasteiger partial charge in [0.1, 0.15) is 0 Å². The molecular weight excluding hydrogens is 1130 g/mol. The summed E-state index contributed by atoms with van der Waals surface area (Å²) in [4.78, 5) is 0. The van der Waals surface area contributed by atoms with E-state index in [1.807, 2.05) is 0 Å². The van der Waals surface area contributed by atoms with Gasteiger partial charge in [0, 0.05) is 0 Å². The Bertz CT molecular complexity index is 1680. The molecule has 2 rings (SSSR count). The summed E-state index contributed by atoms with van der Waals surface area (Å²) >= 11 is 0. The van der Waals surface area contributed by atoms with Crippen molar-refractivity contribution < 1.29 is 0 Å². The van der Waals surface area contributed by atoms with Crippen molar-refractivity contribution in [1.82, 2.24) is 0 Å². The minimum Gasteiger partial charge on any atom is -0.0654 e. The fourth-order valence-electron chi connectivity index (χ4n) is 16.1. The van der Waals surface area contributed by atoms with Crippen LogP contribution in [0, 0.1) is 0 Å². The second-order valence-corrected chi connectivity index (χ2v) is 32.0. The predicted molar refractivity (Wildman–Crippen MR) is 432 cm³/mol. The van der Waals surface area contributed by atoms with Crippen LogP contribution in [-0.4, -0.2) is 0 Å². The van der Waals surface area contributed by atoms with Crippen molar-refractivity contribution in [3.8, 4) is 0 Å². The molecule has 0 aliphatic rings. The fraction of sp³-hybridized carbons (Fsp3) is 0.894. The van der Waals surface area contributed by atoms with E-state index in [9.17, 15) is 0 Å². The lowest BCUT2D eigenvalue weighted by atomic mass is 9.91. The molecule has 0 aliphatic heterocycles. The second kappa shape index (κ2) is 77.4. The van der Waals surface area contributed by atoms with E-state index < -0.39 is 0 Å². The molecule has 0 radical (unpaired) electrons. The first-order valence-corrected chi connectivity index (χ1v) is 45.4. The van der Waals surface area contributed by atoms with Crippen molar-refractivity contribution in [1.29, 1.82) is 0 Å². The monoisotopic (exact) mass is 1310 g/mol. The molecule has 0 heteroatoms. The Hall–Kier alpha value is -1.30. The van der Waals surface area contributed by atoms with Gasteiger partial charge in [-0.2, -0.15) is 0 Å². The summed E-state index contributed by atoms with van der Waals surface area (Å²) in [5.41, 5.74) is 3.34. The molecule has 0 spiro atoms. The number of fused-ring (bicyclic) bond motifs is 1. The van der Waals surface area contributed by atoms with Crippen molar-refractivity contribution in [2.45, 2.75) is 540 Å². The highest BCUT2D eigenvalue weighted by Gasteiger charge is 2.09. The number of rotatable bonds is 82. The van der Waals surface area contributed by atoms with Gasteiger partial charge in [0.2, 0.25) is 0 Å². The summed E-state index contributed by atoms with van der Waals surface area (Å²) < 4.78 is 0. The molecule has 0 bridgehead atoms. The van der Waals surface area contributed by atoms with Gasteiger partial charge >= 0.3 is 0 Å². The lowest BCUT2D eigenvalue weighted by Gasteiger charge is -2.14. The van der Waals surface area contributed by atoms with E-state index >= 15 is 0 Å². The van der Waals surface area contributed by atoms with Crippen molar-refractivity contribution in [3.05, 3.63) is 47.5 Å². The molecule has 0 saturated heterocycles. The Labute approximate surface area is 595 Å². The molecule has 0 aliphatic carbocycles. The van der Waals surface area contributed by atoms with Crippen LogP contribution in [0.4, 0.5) is 0 Å². The molecule has 0 atom stereocenters. The first-order chi connectivity index (χ1) is 46.9. The van der Waals surface area contributed by atoms with Gasteiger partial charge in [0.05, 0.1) is 0 Å². The second-order valence-electron chi connectivity index (χ2n) is 32.0. The van der Waals surface area contributed by atoms with Crippen LogP contribution in [-0.2, 0) is 12.8 Å². The van der Waals surface area contributed by atoms with E-state index in [4.69, 9.17) is 0 Å². The zero-order chi connectivity index (χ0) is 66.5. The molecule has 552 valence electrons. The molecule has 94 heavy (non-hydrogen) atoms. The maximum Gasteiger partial charge on any atom is -0.0149 e. The van der Waals surface area contributed by atoms with Crippen LogP contribution in [0.5, 0.6) is 0 Å². The van der Waals surface area contributed by atoms with Gasteiger partial charge in [-0.3, -0.25) is 0 Å². The average molecular weight is 1310 g/mol. The predicted octanol–water partition coefficient (Wildman–Crippen LogP) is 35.2. The van der Waals surface area contributed by atoms with E-state index in [-0.39, 0.29) is 0 Å². The summed E-state index contributed by atoms with van der Waals surface area (Å²) in [5, 5.41) is 2.98. The standard InChI is InChI=1S/C94H176/c1-3-5-7-9-11-13-15-17-19-21-23-25-27-29-31-33-35-37-39-41-43-45-47-49-51-53-55-57-59-61-63-65-67-69-71-73-75-77-79-81-85-91-89-90-92-86-83-84-88-94(92)93(91)87-82-80-78-76-74-72-70-68-66-64-62-60-58-56-54-52-50-48-46-44-42-40-38-36-34-32-30-28-26-24-22-20-18-16-14-12-10-8-6-4-2/h83-84,86,88-90H,3-82,85,87H2,1-2H3. The van der Waals surface area contributed by atoms with E-state index in [1.54, 1.807) is 11.1 Å². The van der Waals surface area contributed by atoms with Crippen LogP contribution in [0.3, 0.4) is 0 Å². The zero-order valence-electron chi connectivity index (χ0n) is 65.4. The molecule has 0 N–H and O–H groups in total. The molecule has 0 saturated carbocycles. The average Bonchev–Trinajstić information content (AvgIpc) is 0.836. The van der Waals surface area contributed by atoms with Crippen LogP contribution in [0.1, 0.15) is 539 Å². The van der Waals surface area contributed by atoms with E-state index in [0.29, 0.717) is 0 Å². The highest BCUT2D eigenvalue weighted by molar-refractivity contribution is 5.86. The molecule has 2 aromatic rings. The number of aryl methyl sites for hydroxylation is 2. The SMILES string of the molecule is CCCCCCCCCCCCCCCCCCCCCCCCCCCCCCCCCCCCCCCCCCc1ccc2ccccc2c1CCCCCCCCCCCCCCCCCCCCCCCCCCCCCCCCCCCCCCCCCC. The summed E-state index contributed by atoms with van der Waals surface area (Å²) in [5.74, 6) is 0. The van der Waals surface area contributed by atoms with Crippen molar-refractivity contribution in [2.75, 3.05) is 0 Å². The Morgan fingerprint density at radius 2 is 0.309 bits per heavy atom. The van der Waals surface area contributed by atoms with Crippen molar-refractivity contribution >= 4 is 10.8 Å². The Kier molecular flexibility index (Phi) is 73.1. The molecule has 0 heterocycles. The van der Waals surface area contributed by atoms with Gasteiger partial charge in [0.15, 0.2) is 0 Å². The number of hydrogen-bond donors (Lipinski definition) is 0. The Balaban J connectivity index is 1.25. The molecule has 2 aromatic carbocycles. The summed E-state index contributed by atoms with van der Waals surface area (Å²) in [6.45, 7) is 4.63. The van der Waals surface area contributed by atoms with Crippen LogP contribution < -0.4 is 0 Å². The summed E-state index contributed by atoms with van der Waals surface area (Å²) in [6, 6.07) is 14.1. The smallest absolute Gasteiger partial charge is 0.0149 e. The van der Waals surface area contributed by atoms with Gasteiger partial charge < -0.3 is 0 Å². The number of benzene rings is 2. The Morgan fingerprint density at radius 3 is 0.500 bits per heavy atom. The third kappa shape index (κ3) is 64.1. The quantitative estimate of drug-likeness (QED) is 0.0579. The lowest BCUT2D eigenvalue weighted by Crippen LogP contribution is -1.97. The van der Waals surface area contributed by atoms with Gasteiger partial charge in [-0.1, -0.05) is 551 Å². The van der Waals surface area contributed by atoms with Crippen LogP contribution >= 0.6 is 0 Å². The molecule has 0 amide bonds. The van der Waals surface area contributed by atoms with Crippen molar-refractivity contribution in [2.24, 2.45) is 0 Å². The number of unbranched alkanes of at least 4 members (excludes halogenated alkanes) is 78. The third-order valence-corrected chi connectivity index (χ3v) is 22.7. The van der Waals surface area contributed by atoms with Gasteiger partial charge in [-0.25, -0.2) is 0 Å². The largest absolute Gasteiger partial charge is 0.0654 e. The van der Waals surface area contributed by atoms with Gasteiger partial charge in [-0.05, 0) is 47.6 Å². The molecule has 0 fully saturated rings. The first-order valence-electron chi connectivity index (χ1n) is 45.4. The topological polar surface area (TPSA) is 0 Å².